The molecule has 3 rings (SSSR count). The maximum absolute atomic E-state index is 6.15. The molecule has 4 heteroatoms. The van der Waals surface area contributed by atoms with Crippen LogP contribution in [0.15, 0.2) is 12.2 Å². The largest absolute Gasteiger partial charge is 0.350 e. The second kappa shape index (κ2) is 9.33. The van der Waals surface area contributed by atoms with E-state index in [1.165, 1.54) is 25.7 Å². The molecule has 0 radical (unpaired) electrons. The maximum atomic E-state index is 6.15. The summed E-state index contributed by atoms with van der Waals surface area (Å²) in [6.07, 6.45) is 17.5. The summed E-state index contributed by atoms with van der Waals surface area (Å²) in [7, 11) is 0. The highest BCUT2D eigenvalue weighted by Gasteiger charge is 2.40. The Labute approximate surface area is 146 Å². The monoisotopic (exact) mass is 338 g/mol. The molecule has 0 amide bonds. The van der Waals surface area contributed by atoms with Crippen LogP contribution in [0.5, 0.6) is 0 Å². The summed E-state index contributed by atoms with van der Waals surface area (Å²) in [6.45, 7) is 3.26. The van der Waals surface area contributed by atoms with Gasteiger partial charge in [0.2, 0.25) is 0 Å². The third kappa shape index (κ3) is 5.29. The topological polar surface area (TPSA) is 36.9 Å². The van der Waals surface area contributed by atoms with Gasteiger partial charge in [-0.1, -0.05) is 12.2 Å². The van der Waals surface area contributed by atoms with Gasteiger partial charge in [-0.25, -0.2) is 0 Å². The van der Waals surface area contributed by atoms with E-state index in [4.69, 9.17) is 18.9 Å². The van der Waals surface area contributed by atoms with E-state index in [9.17, 15) is 0 Å². The Balaban J connectivity index is 1.67. The zero-order valence-electron chi connectivity index (χ0n) is 15.1. The van der Waals surface area contributed by atoms with Gasteiger partial charge in [-0.15, -0.1) is 0 Å². The average molecular weight is 338 g/mol. The summed E-state index contributed by atoms with van der Waals surface area (Å²) in [5.74, 6) is -0.827. The quantitative estimate of drug-likeness (QED) is 0.599. The van der Waals surface area contributed by atoms with Crippen LogP contribution in [0.25, 0.3) is 0 Å². The predicted octanol–water partition coefficient (Wildman–Crippen LogP) is 4.72. The Hall–Kier alpha value is -0.420. The average Bonchev–Trinajstić information content (AvgIpc) is 2.63. The number of allylic oxidation sites excluding steroid dienone is 2. The summed E-state index contributed by atoms with van der Waals surface area (Å²) in [6, 6.07) is 0. The van der Waals surface area contributed by atoms with Gasteiger partial charge in [0.1, 0.15) is 0 Å². The first-order valence-corrected chi connectivity index (χ1v) is 10.0. The van der Waals surface area contributed by atoms with Gasteiger partial charge in [0, 0.05) is 25.7 Å². The van der Waals surface area contributed by atoms with Gasteiger partial charge in [0.25, 0.3) is 0 Å². The highest BCUT2D eigenvalue weighted by Crippen LogP contribution is 2.37. The summed E-state index contributed by atoms with van der Waals surface area (Å²) in [5, 5.41) is 0. The number of rotatable bonds is 0. The van der Waals surface area contributed by atoms with Crippen LogP contribution < -0.4 is 0 Å². The molecule has 0 saturated carbocycles. The molecule has 0 bridgehead atoms. The van der Waals surface area contributed by atoms with Crippen molar-refractivity contribution in [2.45, 2.75) is 88.6 Å². The molecule has 1 aliphatic carbocycles. The first-order valence-electron chi connectivity index (χ1n) is 10.0. The SMILES string of the molecule is C1=C\CCCCC2(CCC3(CCCC/1)OCCCO3)OCCCO2. The van der Waals surface area contributed by atoms with Crippen molar-refractivity contribution in [1.29, 1.82) is 0 Å². The molecule has 0 unspecified atom stereocenters. The summed E-state index contributed by atoms with van der Waals surface area (Å²) in [5.41, 5.74) is 0. The molecule has 0 aromatic carbocycles. The fourth-order valence-electron chi connectivity index (χ4n) is 3.99. The van der Waals surface area contributed by atoms with Crippen molar-refractivity contribution in [3.05, 3.63) is 12.2 Å². The van der Waals surface area contributed by atoms with Gasteiger partial charge >= 0.3 is 0 Å². The Bertz CT molecular complexity index is 345. The fourth-order valence-corrected chi connectivity index (χ4v) is 3.99. The first kappa shape index (κ1) is 18.4. The smallest absolute Gasteiger partial charge is 0.168 e. The third-order valence-corrected chi connectivity index (χ3v) is 5.45. The zero-order chi connectivity index (χ0) is 16.6. The lowest BCUT2D eigenvalue weighted by Gasteiger charge is -2.42. The Kier molecular flexibility index (Phi) is 7.14. The van der Waals surface area contributed by atoms with Crippen LogP contribution in [-0.4, -0.2) is 38.0 Å². The van der Waals surface area contributed by atoms with Crippen molar-refractivity contribution in [2.75, 3.05) is 26.4 Å². The maximum Gasteiger partial charge on any atom is 0.168 e. The Morgan fingerprint density at radius 3 is 1.29 bits per heavy atom. The molecule has 2 saturated heterocycles. The molecule has 3 aliphatic rings. The molecule has 0 atom stereocenters. The van der Waals surface area contributed by atoms with Crippen LogP contribution in [0.1, 0.15) is 77.0 Å². The second-order valence-corrected chi connectivity index (χ2v) is 7.39. The van der Waals surface area contributed by atoms with E-state index < -0.39 is 11.6 Å². The predicted molar refractivity (Wildman–Crippen MR) is 93.8 cm³/mol. The second-order valence-electron chi connectivity index (χ2n) is 7.39. The Morgan fingerprint density at radius 1 is 0.458 bits per heavy atom. The minimum absolute atomic E-state index is 0.413. The van der Waals surface area contributed by atoms with Gasteiger partial charge in [-0.3, -0.25) is 0 Å². The van der Waals surface area contributed by atoms with E-state index in [1.807, 2.05) is 0 Å². The van der Waals surface area contributed by atoms with Crippen molar-refractivity contribution in [1.82, 2.24) is 0 Å². The van der Waals surface area contributed by atoms with Gasteiger partial charge in [-0.05, 0) is 51.4 Å². The van der Waals surface area contributed by atoms with Crippen LogP contribution in [0.3, 0.4) is 0 Å². The minimum atomic E-state index is -0.413. The lowest BCUT2D eigenvalue weighted by atomic mass is 9.94. The summed E-state index contributed by atoms with van der Waals surface area (Å²) in [4.78, 5) is 0. The lowest BCUT2D eigenvalue weighted by molar-refractivity contribution is -0.306. The number of hydrogen-bond acceptors (Lipinski definition) is 4. The van der Waals surface area contributed by atoms with Crippen molar-refractivity contribution in [3.8, 4) is 0 Å². The molecule has 0 N–H and O–H groups in total. The standard InChI is InChI=1S/C20H34O4/c1-2-4-6-8-12-20(23-17-10-18-24-20)14-13-19(11-7-5-3-1)21-15-9-16-22-19/h1-2H,3-18H2/b2-1-. The van der Waals surface area contributed by atoms with Crippen LogP contribution in [0.2, 0.25) is 0 Å². The highest BCUT2D eigenvalue weighted by atomic mass is 16.7. The van der Waals surface area contributed by atoms with Gasteiger partial charge in [-0.2, -0.15) is 0 Å². The summed E-state index contributed by atoms with van der Waals surface area (Å²) < 4.78 is 24.6. The molecule has 24 heavy (non-hydrogen) atoms. The molecular weight excluding hydrogens is 304 g/mol. The van der Waals surface area contributed by atoms with Crippen molar-refractivity contribution in [3.63, 3.8) is 0 Å². The third-order valence-electron chi connectivity index (χ3n) is 5.45. The first-order chi connectivity index (χ1) is 11.8. The molecule has 2 aliphatic heterocycles. The molecular formula is C20H34O4. The Morgan fingerprint density at radius 2 is 0.875 bits per heavy atom. The van der Waals surface area contributed by atoms with E-state index in [2.05, 4.69) is 12.2 Å². The molecule has 0 aromatic rings. The molecule has 2 spiro atoms. The van der Waals surface area contributed by atoms with Crippen LogP contribution in [0, 0.1) is 0 Å². The molecule has 2 fully saturated rings. The normalized spacial score (nSPS) is 30.7. The van der Waals surface area contributed by atoms with Crippen molar-refractivity contribution < 1.29 is 18.9 Å². The molecule has 4 nitrogen and oxygen atoms in total. The lowest BCUT2D eigenvalue weighted by Crippen LogP contribution is -2.46. The fraction of sp³-hybridized carbons (Fsp3) is 0.900. The van der Waals surface area contributed by atoms with Crippen molar-refractivity contribution in [2.24, 2.45) is 0 Å². The minimum Gasteiger partial charge on any atom is -0.350 e. The highest BCUT2D eigenvalue weighted by molar-refractivity contribution is 4.85. The van der Waals surface area contributed by atoms with Gasteiger partial charge in [0.15, 0.2) is 11.6 Å². The van der Waals surface area contributed by atoms with Crippen LogP contribution in [-0.2, 0) is 18.9 Å². The zero-order valence-corrected chi connectivity index (χ0v) is 15.1. The van der Waals surface area contributed by atoms with E-state index in [0.29, 0.717) is 0 Å². The molecule has 0 aromatic heterocycles. The number of hydrogen-bond donors (Lipinski definition) is 0. The molecule has 138 valence electrons. The summed E-state index contributed by atoms with van der Waals surface area (Å²) >= 11 is 0. The molecule has 2 heterocycles. The van der Waals surface area contributed by atoms with E-state index in [0.717, 1.165) is 77.8 Å². The van der Waals surface area contributed by atoms with E-state index in [1.54, 1.807) is 0 Å². The van der Waals surface area contributed by atoms with E-state index in [-0.39, 0.29) is 0 Å². The van der Waals surface area contributed by atoms with Gasteiger partial charge < -0.3 is 18.9 Å². The van der Waals surface area contributed by atoms with Crippen LogP contribution in [0.4, 0.5) is 0 Å². The number of ether oxygens (including phenoxy) is 4. The van der Waals surface area contributed by atoms with Crippen LogP contribution >= 0.6 is 0 Å². The van der Waals surface area contributed by atoms with E-state index >= 15 is 0 Å². The van der Waals surface area contributed by atoms with Crippen molar-refractivity contribution >= 4 is 0 Å². The van der Waals surface area contributed by atoms with Gasteiger partial charge in [0.05, 0.1) is 26.4 Å².